The van der Waals surface area contributed by atoms with Crippen molar-refractivity contribution in [1.82, 2.24) is 10.2 Å². The Morgan fingerprint density at radius 3 is 2.71 bits per heavy atom. The molecule has 180 valence electrons. The van der Waals surface area contributed by atoms with E-state index in [1.54, 1.807) is 24.3 Å². The molecule has 0 aliphatic carbocycles. The van der Waals surface area contributed by atoms with Gasteiger partial charge in [-0.1, -0.05) is 38.1 Å². The van der Waals surface area contributed by atoms with Gasteiger partial charge < -0.3 is 20.3 Å². The van der Waals surface area contributed by atoms with Crippen LogP contribution in [0, 0.1) is 12.3 Å². The van der Waals surface area contributed by atoms with Crippen molar-refractivity contribution in [2.75, 3.05) is 36.5 Å². The molecule has 0 saturated carbocycles. The summed E-state index contributed by atoms with van der Waals surface area (Å²) in [6, 6.07) is 13.1. The van der Waals surface area contributed by atoms with Crippen LogP contribution in [-0.4, -0.2) is 55.0 Å². The standard InChI is InChI=1S/C26H32N4O4/c1-18-8-6-9-19(14-18)27-25(33)28-20-16-34-22-11-5-4-10-21(22)30(24(20)32)15-23(31)29-13-7-12-26(2,3)17-29/h4-6,8-11,14,20H,7,12-13,15-17H2,1-3H3,(H2,27,28,33)/t20-/m0/s1. The van der Waals surface area contributed by atoms with Gasteiger partial charge in [0.15, 0.2) is 0 Å². The highest BCUT2D eigenvalue weighted by Gasteiger charge is 2.36. The zero-order valence-corrected chi connectivity index (χ0v) is 20.0. The lowest BCUT2D eigenvalue weighted by molar-refractivity contribution is -0.134. The highest BCUT2D eigenvalue weighted by atomic mass is 16.5. The summed E-state index contributed by atoms with van der Waals surface area (Å²) in [7, 11) is 0. The van der Waals surface area contributed by atoms with Crippen molar-refractivity contribution in [2.24, 2.45) is 5.41 Å². The minimum absolute atomic E-state index is 0.0292. The predicted molar refractivity (Wildman–Crippen MR) is 131 cm³/mol. The Hall–Kier alpha value is -3.55. The number of piperidine rings is 1. The Balaban J connectivity index is 1.51. The van der Waals surface area contributed by atoms with E-state index in [0.717, 1.165) is 18.4 Å². The van der Waals surface area contributed by atoms with Crippen molar-refractivity contribution in [1.29, 1.82) is 0 Å². The first-order chi connectivity index (χ1) is 16.2. The van der Waals surface area contributed by atoms with Crippen molar-refractivity contribution < 1.29 is 19.1 Å². The number of benzene rings is 2. The third-order valence-electron chi connectivity index (χ3n) is 6.25. The number of hydrogen-bond acceptors (Lipinski definition) is 4. The molecule has 0 spiro atoms. The Morgan fingerprint density at radius 1 is 1.15 bits per heavy atom. The highest BCUT2D eigenvalue weighted by Crippen LogP contribution is 2.32. The number of aryl methyl sites for hydroxylation is 1. The zero-order valence-electron chi connectivity index (χ0n) is 20.0. The SMILES string of the molecule is Cc1cccc(NC(=O)N[C@H]2COc3ccccc3N(CC(=O)N3CCCC(C)(C)C3)C2=O)c1. The molecular formula is C26H32N4O4. The second-order valence-electron chi connectivity index (χ2n) is 9.81. The van der Waals surface area contributed by atoms with E-state index in [1.165, 1.54) is 4.90 Å². The molecular weight excluding hydrogens is 432 g/mol. The minimum Gasteiger partial charge on any atom is -0.489 e. The van der Waals surface area contributed by atoms with Crippen molar-refractivity contribution in [3.63, 3.8) is 0 Å². The average Bonchev–Trinajstić information content (AvgIpc) is 2.91. The lowest BCUT2D eigenvalue weighted by Gasteiger charge is -2.39. The predicted octanol–water partition coefficient (Wildman–Crippen LogP) is 3.56. The van der Waals surface area contributed by atoms with E-state index in [0.29, 0.717) is 30.2 Å². The first-order valence-electron chi connectivity index (χ1n) is 11.7. The number of para-hydroxylation sites is 2. The molecule has 2 aliphatic heterocycles. The molecule has 2 aliphatic rings. The van der Waals surface area contributed by atoms with Crippen LogP contribution in [0.1, 0.15) is 32.3 Å². The quantitative estimate of drug-likeness (QED) is 0.724. The molecule has 0 radical (unpaired) electrons. The molecule has 2 aromatic rings. The topological polar surface area (TPSA) is 91.0 Å². The fourth-order valence-corrected chi connectivity index (χ4v) is 4.54. The van der Waals surface area contributed by atoms with Crippen molar-refractivity contribution in [3.05, 3.63) is 54.1 Å². The van der Waals surface area contributed by atoms with Crippen molar-refractivity contribution >= 4 is 29.2 Å². The van der Waals surface area contributed by atoms with Crippen LogP contribution >= 0.6 is 0 Å². The molecule has 1 saturated heterocycles. The van der Waals surface area contributed by atoms with E-state index < -0.39 is 12.1 Å². The summed E-state index contributed by atoms with van der Waals surface area (Å²) in [5, 5.41) is 5.47. The van der Waals surface area contributed by atoms with Crippen LogP contribution in [0.4, 0.5) is 16.2 Å². The van der Waals surface area contributed by atoms with Gasteiger partial charge in [-0.3, -0.25) is 14.5 Å². The summed E-state index contributed by atoms with van der Waals surface area (Å²) >= 11 is 0. The number of anilines is 2. The average molecular weight is 465 g/mol. The fraction of sp³-hybridized carbons (Fsp3) is 0.423. The third kappa shape index (κ3) is 5.50. The summed E-state index contributed by atoms with van der Waals surface area (Å²) in [5.74, 6) is 0.0146. The Labute approximate surface area is 200 Å². The van der Waals surface area contributed by atoms with Gasteiger partial charge in [0, 0.05) is 18.8 Å². The Morgan fingerprint density at radius 2 is 1.94 bits per heavy atom. The molecule has 0 unspecified atom stereocenters. The van der Waals surface area contributed by atoms with Crippen molar-refractivity contribution in [2.45, 2.75) is 39.7 Å². The van der Waals surface area contributed by atoms with Crippen LogP contribution < -0.4 is 20.3 Å². The fourth-order valence-electron chi connectivity index (χ4n) is 4.54. The van der Waals surface area contributed by atoms with E-state index in [1.807, 2.05) is 36.1 Å². The molecule has 4 rings (SSSR count). The molecule has 2 heterocycles. The van der Waals surface area contributed by atoms with E-state index in [9.17, 15) is 14.4 Å². The number of ether oxygens (including phenoxy) is 1. The summed E-state index contributed by atoms with van der Waals surface area (Å²) in [4.78, 5) is 42.7. The number of likely N-dealkylation sites (tertiary alicyclic amines) is 1. The van der Waals surface area contributed by atoms with Gasteiger partial charge in [-0.05, 0) is 55.0 Å². The first-order valence-corrected chi connectivity index (χ1v) is 11.7. The summed E-state index contributed by atoms with van der Waals surface area (Å²) in [6.45, 7) is 7.45. The molecule has 2 aromatic carbocycles. The van der Waals surface area contributed by atoms with Gasteiger partial charge in [-0.25, -0.2) is 4.79 Å². The van der Waals surface area contributed by atoms with Crippen LogP contribution in [-0.2, 0) is 9.59 Å². The molecule has 0 bridgehead atoms. The van der Waals surface area contributed by atoms with Gasteiger partial charge in [0.25, 0.3) is 5.91 Å². The number of rotatable bonds is 4. The third-order valence-corrected chi connectivity index (χ3v) is 6.25. The zero-order chi connectivity index (χ0) is 24.3. The minimum atomic E-state index is -0.942. The first kappa shape index (κ1) is 23.6. The van der Waals surface area contributed by atoms with Crippen LogP contribution in [0.25, 0.3) is 0 Å². The number of nitrogens with one attached hydrogen (secondary N) is 2. The van der Waals surface area contributed by atoms with Gasteiger partial charge in [0.2, 0.25) is 5.91 Å². The smallest absolute Gasteiger partial charge is 0.320 e. The molecule has 2 N–H and O–H groups in total. The van der Waals surface area contributed by atoms with Gasteiger partial charge in [-0.2, -0.15) is 0 Å². The normalized spacial score (nSPS) is 19.5. The highest BCUT2D eigenvalue weighted by molar-refractivity contribution is 6.05. The second-order valence-corrected chi connectivity index (χ2v) is 9.81. The van der Waals surface area contributed by atoms with E-state index in [2.05, 4.69) is 24.5 Å². The lowest BCUT2D eigenvalue weighted by atomic mass is 9.84. The number of carbonyl (C=O) groups excluding carboxylic acids is 3. The largest absolute Gasteiger partial charge is 0.489 e. The number of fused-ring (bicyclic) bond motifs is 1. The van der Waals surface area contributed by atoms with Gasteiger partial charge >= 0.3 is 6.03 Å². The van der Waals surface area contributed by atoms with Crippen LogP contribution in [0.3, 0.4) is 0 Å². The summed E-state index contributed by atoms with van der Waals surface area (Å²) in [6.07, 6.45) is 2.01. The van der Waals surface area contributed by atoms with Crippen molar-refractivity contribution in [3.8, 4) is 5.75 Å². The second kappa shape index (κ2) is 9.75. The molecule has 4 amide bonds. The number of amides is 4. The monoisotopic (exact) mass is 464 g/mol. The Kier molecular flexibility index (Phi) is 6.77. The van der Waals surface area contributed by atoms with E-state index >= 15 is 0 Å². The lowest BCUT2D eigenvalue weighted by Crippen LogP contribution is -2.54. The van der Waals surface area contributed by atoms with Gasteiger partial charge in [-0.15, -0.1) is 0 Å². The molecule has 8 heteroatoms. The van der Waals surface area contributed by atoms with E-state index in [-0.39, 0.29) is 30.4 Å². The van der Waals surface area contributed by atoms with E-state index in [4.69, 9.17) is 4.74 Å². The molecule has 34 heavy (non-hydrogen) atoms. The van der Waals surface area contributed by atoms with Gasteiger partial charge in [0.1, 0.15) is 24.9 Å². The van der Waals surface area contributed by atoms with Crippen LogP contribution in [0.15, 0.2) is 48.5 Å². The van der Waals surface area contributed by atoms with Gasteiger partial charge in [0.05, 0.1) is 5.69 Å². The summed E-state index contributed by atoms with van der Waals surface area (Å²) < 4.78 is 5.86. The maximum Gasteiger partial charge on any atom is 0.320 e. The maximum atomic E-state index is 13.5. The molecule has 0 aromatic heterocycles. The molecule has 1 fully saturated rings. The van der Waals surface area contributed by atoms with Crippen LogP contribution in [0.2, 0.25) is 0 Å². The summed E-state index contributed by atoms with van der Waals surface area (Å²) in [5.41, 5.74) is 2.21. The number of carbonyl (C=O) groups is 3. The number of urea groups is 1. The number of nitrogens with zero attached hydrogens (tertiary/aromatic N) is 2. The maximum absolute atomic E-state index is 13.5. The van der Waals surface area contributed by atoms with Crippen LogP contribution in [0.5, 0.6) is 5.75 Å². The number of hydrogen-bond donors (Lipinski definition) is 2. The molecule has 1 atom stereocenters. The molecule has 8 nitrogen and oxygen atoms in total. The Bertz CT molecular complexity index is 1080.